The van der Waals surface area contributed by atoms with E-state index in [9.17, 15) is 8.42 Å². The Balaban J connectivity index is 0.00000256. The Morgan fingerprint density at radius 1 is 1.41 bits per heavy atom. The summed E-state index contributed by atoms with van der Waals surface area (Å²) in [5.74, 6) is 1.24. The molecule has 5 nitrogen and oxygen atoms in total. The first-order valence-electron chi connectivity index (χ1n) is 5.82. The monoisotopic (exact) mass is 375 g/mol. The van der Waals surface area contributed by atoms with E-state index in [1.807, 2.05) is 6.92 Å². The molecule has 1 atom stereocenters. The van der Waals surface area contributed by atoms with Crippen LogP contribution in [0.1, 0.15) is 26.7 Å². The minimum Gasteiger partial charge on any atom is -0.357 e. The Kier molecular flexibility index (Phi) is 8.10. The van der Waals surface area contributed by atoms with Crippen molar-refractivity contribution in [2.75, 3.05) is 24.6 Å². The predicted molar refractivity (Wildman–Crippen MR) is 81.9 cm³/mol. The van der Waals surface area contributed by atoms with Crippen molar-refractivity contribution in [3.05, 3.63) is 0 Å². The Morgan fingerprint density at radius 3 is 2.59 bits per heavy atom. The highest BCUT2D eigenvalue weighted by molar-refractivity contribution is 14.0. The highest BCUT2D eigenvalue weighted by Gasteiger charge is 2.28. The largest absolute Gasteiger partial charge is 0.357 e. The molecule has 0 bridgehead atoms. The number of hydrogen-bond acceptors (Lipinski definition) is 3. The van der Waals surface area contributed by atoms with Crippen LogP contribution in [0.5, 0.6) is 0 Å². The van der Waals surface area contributed by atoms with Crippen molar-refractivity contribution < 1.29 is 8.42 Å². The molecule has 0 saturated carbocycles. The molecule has 1 fully saturated rings. The summed E-state index contributed by atoms with van der Waals surface area (Å²) in [4.78, 5) is 4.34. The number of rotatable bonds is 4. The van der Waals surface area contributed by atoms with E-state index in [4.69, 9.17) is 0 Å². The summed E-state index contributed by atoms with van der Waals surface area (Å²) >= 11 is 0. The van der Waals surface area contributed by atoms with Crippen LogP contribution in [0.15, 0.2) is 4.99 Å². The Morgan fingerprint density at radius 2 is 2.12 bits per heavy atom. The summed E-state index contributed by atoms with van der Waals surface area (Å²) < 4.78 is 22.6. The second-order valence-corrected chi connectivity index (χ2v) is 6.23. The third-order valence-corrected chi connectivity index (χ3v) is 4.18. The van der Waals surface area contributed by atoms with E-state index in [0.29, 0.717) is 6.42 Å². The molecule has 0 aliphatic carbocycles. The number of sulfone groups is 1. The van der Waals surface area contributed by atoms with Gasteiger partial charge < -0.3 is 10.6 Å². The topological polar surface area (TPSA) is 70.6 Å². The molecule has 0 radical (unpaired) electrons. The highest BCUT2D eigenvalue weighted by atomic mass is 127. The molecule has 0 spiro atoms. The summed E-state index contributed by atoms with van der Waals surface area (Å²) in [6, 6.07) is 0.0136. The van der Waals surface area contributed by atoms with E-state index in [0.717, 1.165) is 25.5 Å². The SMILES string of the molecule is CCCN=C(NCC)NC1CCS(=O)(=O)C1.I. The van der Waals surface area contributed by atoms with Crippen molar-refractivity contribution in [3.63, 3.8) is 0 Å². The molecule has 102 valence electrons. The van der Waals surface area contributed by atoms with E-state index in [-0.39, 0.29) is 41.5 Å². The lowest BCUT2D eigenvalue weighted by Crippen LogP contribution is -2.44. The van der Waals surface area contributed by atoms with E-state index >= 15 is 0 Å². The van der Waals surface area contributed by atoms with Crippen molar-refractivity contribution in [1.29, 1.82) is 0 Å². The first-order chi connectivity index (χ1) is 7.57. The fraction of sp³-hybridized carbons (Fsp3) is 0.900. The van der Waals surface area contributed by atoms with Crippen LogP contribution >= 0.6 is 24.0 Å². The number of halogens is 1. The van der Waals surface area contributed by atoms with Gasteiger partial charge in [0.15, 0.2) is 15.8 Å². The van der Waals surface area contributed by atoms with Gasteiger partial charge in [0.05, 0.1) is 11.5 Å². The summed E-state index contributed by atoms with van der Waals surface area (Å²) in [7, 11) is -2.82. The maximum atomic E-state index is 11.3. The maximum absolute atomic E-state index is 11.3. The van der Waals surface area contributed by atoms with Crippen LogP contribution in [0.25, 0.3) is 0 Å². The molecule has 1 aliphatic heterocycles. The fourth-order valence-electron chi connectivity index (χ4n) is 1.65. The first kappa shape index (κ1) is 16.9. The lowest BCUT2D eigenvalue weighted by atomic mass is 10.3. The molecule has 1 aliphatic rings. The van der Waals surface area contributed by atoms with Gasteiger partial charge in [-0.05, 0) is 19.8 Å². The lowest BCUT2D eigenvalue weighted by Gasteiger charge is -2.15. The van der Waals surface area contributed by atoms with Gasteiger partial charge in [-0.25, -0.2) is 8.42 Å². The number of nitrogens with one attached hydrogen (secondary N) is 2. The third kappa shape index (κ3) is 6.44. The second-order valence-electron chi connectivity index (χ2n) is 4.00. The molecule has 2 N–H and O–H groups in total. The van der Waals surface area contributed by atoms with Gasteiger partial charge in [-0.15, -0.1) is 24.0 Å². The molecule has 0 aromatic rings. The van der Waals surface area contributed by atoms with Gasteiger partial charge in [0.1, 0.15) is 0 Å². The first-order valence-corrected chi connectivity index (χ1v) is 7.64. The van der Waals surface area contributed by atoms with Crippen molar-refractivity contribution in [2.45, 2.75) is 32.7 Å². The molecule has 17 heavy (non-hydrogen) atoms. The van der Waals surface area contributed by atoms with Crippen LogP contribution in [-0.2, 0) is 9.84 Å². The molecular formula is C10H22IN3O2S. The van der Waals surface area contributed by atoms with Crippen LogP contribution in [0.3, 0.4) is 0 Å². The normalized spacial score (nSPS) is 22.9. The molecule has 0 aromatic heterocycles. The fourth-order valence-corrected chi connectivity index (χ4v) is 3.32. The van der Waals surface area contributed by atoms with Gasteiger partial charge in [-0.2, -0.15) is 0 Å². The molecule has 7 heteroatoms. The summed E-state index contributed by atoms with van der Waals surface area (Å²) in [6.45, 7) is 5.60. The van der Waals surface area contributed by atoms with Crippen LogP contribution in [0, 0.1) is 0 Å². The smallest absolute Gasteiger partial charge is 0.191 e. The average molecular weight is 375 g/mol. The number of aliphatic imine (C=N–C) groups is 1. The predicted octanol–water partition coefficient (Wildman–Crippen LogP) is 0.757. The molecule has 1 unspecified atom stereocenters. The number of hydrogen-bond donors (Lipinski definition) is 2. The molecule has 0 amide bonds. The third-order valence-electron chi connectivity index (χ3n) is 2.41. The van der Waals surface area contributed by atoms with Gasteiger partial charge in [0, 0.05) is 19.1 Å². The van der Waals surface area contributed by atoms with Gasteiger partial charge in [0.2, 0.25) is 0 Å². The van der Waals surface area contributed by atoms with E-state index in [2.05, 4.69) is 22.5 Å². The quantitative estimate of drug-likeness (QED) is 0.432. The summed E-state index contributed by atoms with van der Waals surface area (Å²) in [6.07, 6.45) is 1.67. The van der Waals surface area contributed by atoms with Gasteiger partial charge >= 0.3 is 0 Å². The molecule has 1 saturated heterocycles. The van der Waals surface area contributed by atoms with Gasteiger partial charge in [0.25, 0.3) is 0 Å². The van der Waals surface area contributed by atoms with Crippen molar-refractivity contribution in [1.82, 2.24) is 10.6 Å². The Bertz CT molecular complexity index is 343. The van der Waals surface area contributed by atoms with E-state index in [1.54, 1.807) is 0 Å². The molecule has 0 aromatic carbocycles. The summed E-state index contributed by atoms with van der Waals surface area (Å²) in [5.41, 5.74) is 0. The van der Waals surface area contributed by atoms with E-state index < -0.39 is 9.84 Å². The Labute approximate surface area is 121 Å². The highest BCUT2D eigenvalue weighted by Crippen LogP contribution is 2.10. The zero-order chi connectivity index (χ0) is 12.0. The van der Waals surface area contributed by atoms with Crippen LogP contribution < -0.4 is 10.6 Å². The molecule has 1 heterocycles. The molecule has 1 rings (SSSR count). The standard InChI is InChI=1S/C10H21N3O2S.HI/c1-3-6-12-10(11-4-2)13-9-5-7-16(14,15)8-9;/h9H,3-8H2,1-2H3,(H2,11,12,13);1H. The van der Waals surface area contributed by atoms with Crippen molar-refractivity contribution >= 4 is 39.8 Å². The average Bonchev–Trinajstić information content (AvgIpc) is 2.55. The van der Waals surface area contributed by atoms with Crippen LogP contribution in [-0.4, -0.2) is 45.0 Å². The zero-order valence-corrected chi connectivity index (χ0v) is 13.5. The van der Waals surface area contributed by atoms with Crippen LogP contribution in [0.2, 0.25) is 0 Å². The van der Waals surface area contributed by atoms with Crippen LogP contribution in [0.4, 0.5) is 0 Å². The van der Waals surface area contributed by atoms with Gasteiger partial charge in [-0.3, -0.25) is 4.99 Å². The van der Waals surface area contributed by atoms with Gasteiger partial charge in [-0.1, -0.05) is 6.92 Å². The number of guanidine groups is 1. The minimum absolute atomic E-state index is 0. The maximum Gasteiger partial charge on any atom is 0.191 e. The number of nitrogens with zero attached hydrogens (tertiary/aromatic N) is 1. The molecular weight excluding hydrogens is 353 g/mol. The minimum atomic E-state index is -2.82. The Hall–Kier alpha value is -0.0500. The van der Waals surface area contributed by atoms with E-state index in [1.165, 1.54) is 0 Å². The lowest BCUT2D eigenvalue weighted by molar-refractivity contribution is 0.599. The second kappa shape index (κ2) is 8.12. The summed E-state index contributed by atoms with van der Waals surface area (Å²) in [5, 5.41) is 6.28. The van der Waals surface area contributed by atoms with Crippen molar-refractivity contribution in [3.8, 4) is 0 Å². The zero-order valence-electron chi connectivity index (χ0n) is 10.4. The van der Waals surface area contributed by atoms with Crippen molar-refractivity contribution in [2.24, 2.45) is 4.99 Å².